The number of benzene rings is 1. The topological polar surface area (TPSA) is 61.9 Å². The van der Waals surface area contributed by atoms with E-state index in [-0.39, 0.29) is 12.0 Å². The van der Waals surface area contributed by atoms with Crippen LogP contribution in [0.1, 0.15) is 37.6 Å². The van der Waals surface area contributed by atoms with Crippen LogP contribution in [0.4, 0.5) is 10.5 Å². The van der Waals surface area contributed by atoms with E-state index in [4.69, 9.17) is 4.74 Å². The first-order valence-corrected chi connectivity index (χ1v) is 8.62. The summed E-state index contributed by atoms with van der Waals surface area (Å²) in [5, 5.41) is 2.88. The lowest BCUT2D eigenvalue weighted by Crippen LogP contribution is -2.52. The number of urea groups is 1. The van der Waals surface area contributed by atoms with Gasteiger partial charge in [-0.2, -0.15) is 0 Å². The van der Waals surface area contributed by atoms with Gasteiger partial charge in [0.05, 0.1) is 12.2 Å². The van der Waals surface area contributed by atoms with E-state index in [1.54, 1.807) is 31.2 Å². The van der Waals surface area contributed by atoms with Crippen molar-refractivity contribution >= 4 is 17.7 Å². The zero-order valence-corrected chi connectivity index (χ0v) is 14.7. The molecule has 2 rings (SSSR count). The molecule has 0 saturated carbocycles. The number of hydrogen-bond acceptors (Lipinski definition) is 4. The summed E-state index contributed by atoms with van der Waals surface area (Å²) >= 11 is 0. The van der Waals surface area contributed by atoms with Crippen molar-refractivity contribution in [3.63, 3.8) is 0 Å². The Hall–Kier alpha value is -2.08. The van der Waals surface area contributed by atoms with E-state index in [2.05, 4.69) is 24.1 Å². The Balaban J connectivity index is 1.85. The summed E-state index contributed by atoms with van der Waals surface area (Å²) in [5.41, 5.74) is 1.16. The summed E-state index contributed by atoms with van der Waals surface area (Å²) in [7, 11) is 0. The predicted molar refractivity (Wildman–Crippen MR) is 94.3 cm³/mol. The van der Waals surface area contributed by atoms with Gasteiger partial charge in [-0.3, -0.25) is 4.90 Å². The minimum Gasteiger partial charge on any atom is -0.462 e. The molecule has 1 atom stereocenters. The van der Waals surface area contributed by atoms with E-state index >= 15 is 0 Å². The van der Waals surface area contributed by atoms with Crippen molar-refractivity contribution in [1.82, 2.24) is 9.80 Å². The maximum atomic E-state index is 12.3. The lowest BCUT2D eigenvalue weighted by atomic mass is 10.2. The second-order valence-corrected chi connectivity index (χ2v) is 6.01. The van der Waals surface area contributed by atoms with Gasteiger partial charge in [0, 0.05) is 37.9 Å². The number of hydrogen-bond donors (Lipinski definition) is 1. The van der Waals surface area contributed by atoms with Crippen molar-refractivity contribution in [2.75, 3.05) is 38.1 Å². The first-order chi connectivity index (χ1) is 11.5. The molecule has 24 heavy (non-hydrogen) atoms. The number of piperazine rings is 1. The molecule has 1 unspecified atom stereocenters. The lowest BCUT2D eigenvalue weighted by molar-refractivity contribution is 0.0526. The molecule has 1 aromatic carbocycles. The Bertz CT molecular complexity index is 551. The van der Waals surface area contributed by atoms with Crippen LogP contribution < -0.4 is 5.32 Å². The van der Waals surface area contributed by atoms with Crippen molar-refractivity contribution in [3.05, 3.63) is 29.8 Å². The average molecular weight is 333 g/mol. The molecule has 1 saturated heterocycles. The molecule has 1 aromatic rings. The molecular weight excluding hydrogens is 306 g/mol. The van der Waals surface area contributed by atoms with Crippen molar-refractivity contribution in [2.45, 2.75) is 33.2 Å². The molecule has 0 spiro atoms. The molecule has 6 nitrogen and oxygen atoms in total. The molecule has 1 aliphatic rings. The molecular formula is C18H27N3O3. The molecule has 6 heteroatoms. The molecule has 1 heterocycles. The fraction of sp³-hybridized carbons (Fsp3) is 0.556. The minimum atomic E-state index is -0.350. The van der Waals surface area contributed by atoms with Gasteiger partial charge in [0.25, 0.3) is 0 Å². The van der Waals surface area contributed by atoms with E-state index in [1.165, 1.54) is 0 Å². The second kappa shape index (κ2) is 8.68. The van der Waals surface area contributed by atoms with E-state index in [1.807, 2.05) is 4.90 Å². The number of ether oxygens (including phenoxy) is 1. The fourth-order valence-electron chi connectivity index (χ4n) is 2.73. The third-order valence-electron chi connectivity index (χ3n) is 4.46. The second-order valence-electron chi connectivity index (χ2n) is 6.01. The highest BCUT2D eigenvalue weighted by molar-refractivity contribution is 5.92. The highest BCUT2D eigenvalue weighted by Crippen LogP contribution is 2.13. The van der Waals surface area contributed by atoms with Gasteiger partial charge < -0.3 is 15.0 Å². The number of nitrogens with zero attached hydrogens (tertiary/aromatic N) is 2. The highest BCUT2D eigenvalue weighted by atomic mass is 16.5. The van der Waals surface area contributed by atoms with Gasteiger partial charge in [0.2, 0.25) is 0 Å². The predicted octanol–water partition coefficient (Wildman–Crippen LogP) is 2.81. The van der Waals surface area contributed by atoms with Crippen molar-refractivity contribution in [3.8, 4) is 0 Å². The number of nitrogens with one attached hydrogen (secondary N) is 1. The first-order valence-electron chi connectivity index (χ1n) is 8.62. The van der Waals surface area contributed by atoms with Gasteiger partial charge >= 0.3 is 12.0 Å². The van der Waals surface area contributed by atoms with Gasteiger partial charge in [0.1, 0.15) is 0 Å². The summed E-state index contributed by atoms with van der Waals surface area (Å²) in [4.78, 5) is 28.2. The largest absolute Gasteiger partial charge is 0.462 e. The lowest BCUT2D eigenvalue weighted by Gasteiger charge is -2.37. The molecule has 1 fully saturated rings. The Kier molecular flexibility index (Phi) is 6.61. The van der Waals surface area contributed by atoms with Crippen LogP contribution in [0.5, 0.6) is 0 Å². The van der Waals surface area contributed by atoms with Crippen molar-refractivity contribution in [2.24, 2.45) is 0 Å². The van der Waals surface area contributed by atoms with Crippen LogP contribution >= 0.6 is 0 Å². The van der Waals surface area contributed by atoms with Gasteiger partial charge in [-0.05, 0) is 44.5 Å². The van der Waals surface area contributed by atoms with E-state index < -0.39 is 0 Å². The quantitative estimate of drug-likeness (QED) is 0.842. The number of esters is 1. The van der Waals surface area contributed by atoms with Crippen molar-refractivity contribution < 1.29 is 14.3 Å². The molecule has 1 aliphatic heterocycles. The van der Waals surface area contributed by atoms with Crippen LogP contribution in [0.15, 0.2) is 24.3 Å². The number of carbonyl (C=O) groups excluding carboxylic acids is 2. The Morgan fingerprint density at radius 2 is 1.75 bits per heavy atom. The molecule has 2 amide bonds. The maximum Gasteiger partial charge on any atom is 0.338 e. The fourth-order valence-corrected chi connectivity index (χ4v) is 2.73. The third kappa shape index (κ3) is 4.71. The van der Waals surface area contributed by atoms with Crippen LogP contribution in [-0.4, -0.2) is 60.6 Å². The Labute approximate surface area is 143 Å². The molecule has 132 valence electrons. The molecule has 0 bridgehead atoms. The smallest absolute Gasteiger partial charge is 0.338 e. The zero-order chi connectivity index (χ0) is 17.5. The summed E-state index contributed by atoms with van der Waals surface area (Å²) in [5.74, 6) is -0.350. The molecule has 1 N–H and O–H groups in total. The molecule has 0 aliphatic carbocycles. The Morgan fingerprint density at radius 3 is 2.29 bits per heavy atom. The number of rotatable bonds is 5. The van der Waals surface area contributed by atoms with E-state index in [9.17, 15) is 9.59 Å². The zero-order valence-electron chi connectivity index (χ0n) is 14.7. The molecule has 0 radical (unpaired) electrons. The normalized spacial score (nSPS) is 16.5. The average Bonchev–Trinajstić information content (AvgIpc) is 2.62. The van der Waals surface area contributed by atoms with Gasteiger partial charge in [-0.15, -0.1) is 0 Å². The highest BCUT2D eigenvalue weighted by Gasteiger charge is 2.23. The van der Waals surface area contributed by atoms with Gasteiger partial charge in [0.15, 0.2) is 0 Å². The van der Waals surface area contributed by atoms with Crippen molar-refractivity contribution in [1.29, 1.82) is 0 Å². The maximum absolute atomic E-state index is 12.3. The summed E-state index contributed by atoms with van der Waals surface area (Å²) < 4.78 is 4.94. The van der Waals surface area contributed by atoms with E-state index in [0.29, 0.717) is 23.9 Å². The number of carbonyl (C=O) groups is 2. The SMILES string of the molecule is CCOC(=O)c1ccc(NC(=O)N2CCN(C(C)CC)CC2)cc1. The van der Waals surface area contributed by atoms with Gasteiger partial charge in [-0.25, -0.2) is 9.59 Å². The number of anilines is 1. The van der Waals surface area contributed by atoms with Crippen LogP contribution in [-0.2, 0) is 4.74 Å². The standard InChI is InChI=1S/C18H27N3O3/c1-4-14(3)20-10-12-21(13-11-20)18(23)19-16-8-6-15(7-9-16)17(22)24-5-2/h6-9,14H,4-5,10-13H2,1-3H3,(H,19,23). The summed E-state index contributed by atoms with van der Waals surface area (Å²) in [6.45, 7) is 9.81. The summed E-state index contributed by atoms with van der Waals surface area (Å²) in [6, 6.07) is 7.23. The van der Waals surface area contributed by atoms with Crippen LogP contribution in [0.25, 0.3) is 0 Å². The van der Waals surface area contributed by atoms with Crippen LogP contribution in [0, 0.1) is 0 Å². The summed E-state index contributed by atoms with van der Waals surface area (Å²) in [6.07, 6.45) is 1.12. The molecule has 0 aromatic heterocycles. The first kappa shape index (κ1) is 18.3. The van der Waals surface area contributed by atoms with E-state index in [0.717, 1.165) is 32.6 Å². The minimum absolute atomic E-state index is 0.0947. The van der Waals surface area contributed by atoms with Crippen LogP contribution in [0.3, 0.4) is 0 Å². The number of amides is 2. The van der Waals surface area contributed by atoms with Crippen LogP contribution in [0.2, 0.25) is 0 Å². The Morgan fingerprint density at radius 1 is 1.12 bits per heavy atom. The monoisotopic (exact) mass is 333 g/mol. The third-order valence-corrected chi connectivity index (χ3v) is 4.46. The van der Waals surface area contributed by atoms with Gasteiger partial charge in [-0.1, -0.05) is 6.92 Å².